The van der Waals surface area contributed by atoms with Crippen molar-refractivity contribution in [3.8, 4) is 11.3 Å². The van der Waals surface area contributed by atoms with Gasteiger partial charge in [-0.15, -0.1) is 0 Å². The zero-order chi connectivity index (χ0) is 20.1. The van der Waals surface area contributed by atoms with Crippen LogP contribution >= 0.6 is 0 Å². The van der Waals surface area contributed by atoms with Crippen molar-refractivity contribution in [3.63, 3.8) is 0 Å². The number of carbonyl (C=O) groups is 2. The van der Waals surface area contributed by atoms with E-state index in [9.17, 15) is 14.0 Å². The molecular formula is C20H16FN3O4. The highest BCUT2D eigenvalue weighted by Crippen LogP contribution is 2.24. The van der Waals surface area contributed by atoms with Crippen LogP contribution in [0.2, 0.25) is 0 Å². The second kappa shape index (κ2) is 8.28. The molecule has 0 atom stereocenters. The maximum Gasteiger partial charge on any atom is 0.409 e. The first-order valence-electron chi connectivity index (χ1n) is 8.24. The number of carboxylic acid groups (broad SMARTS) is 1. The fourth-order valence-electron chi connectivity index (χ4n) is 2.57. The third-order valence-electron chi connectivity index (χ3n) is 3.92. The van der Waals surface area contributed by atoms with Crippen molar-refractivity contribution in [2.75, 3.05) is 10.6 Å². The number of pyridine rings is 1. The predicted octanol–water partition coefficient (Wildman–Crippen LogP) is 3.72. The molecule has 0 aliphatic rings. The van der Waals surface area contributed by atoms with Crippen LogP contribution in [0.1, 0.15) is 15.9 Å². The van der Waals surface area contributed by atoms with Crippen LogP contribution in [-0.4, -0.2) is 27.2 Å². The Morgan fingerprint density at radius 2 is 1.64 bits per heavy atom. The van der Waals surface area contributed by atoms with E-state index < -0.39 is 17.8 Å². The van der Waals surface area contributed by atoms with E-state index >= 15 is 0 Å². The number of rotatable bonds is 5. The lowest BCUT2D eigenvalue weighted by Gasteiger charge is -2.11. The molecule has 3 rings (SSSR count). The summed E-state index contributed by atoms with van der Waals surface area (Å²) in [6, 6.07) is 13.7. The fourth-order valence-corrected chi connectivity index (χ4v) is 2.57. The minimum atomic E-state index is -1.24. The molecule has 4 N–H and O–H groups in total. The normalized spacial score (nSPS) is 10.4. The molecule has 0 bridgehead atoms. The van der Waals surface area contributed by atoms with Crippen molar-refractivity contribution in [2.45, 2.75) is 6.61 Å². The molecule has 1 heterocycles. The maximum atomic E-state index is 14.1. The fraction of sp³-hybridized carbons (Fsp3) is 0.0500. The summed E-state index contributed by atoms with van der Waals surface area (Å²) in [5.74, 6) is -1.02. The molecular weight excluding hydrogens is 365 g/mol. The van der Waals surface area contributed by atoms with Crippen LogP contribution < -0.4 is 10.6 Å². The van der Waals surface area contributed by atoms with Crippen molar-refractivity contribution in [1.29, 1.82) is 0 Å². The Bertz CT molecular complexity index is 1020. The van der Waals surface area contributed by atoms with Gasteiger partial charge in [0.05, 0.1) is 18.0 Å². The van der Waals surface area contributed by atoms with Gasteiger partial charge in [-0.05, 0) is 35.9 Å². The van der Waals surface area contributed by atoms with Gasteiger partial charge in [0, 0.05) is 17.3 Å². The van der Waals surface area contributed by atoms with Crippen molar-refractivity contribution in [1.82, 2.24) is 4.98 Å². The first-order valence-corrected chi connectivity index (χ1v) is 8.24. The van der Waals surface area contributed by atoms with E-state index in [2.05, 4.69) is 15.6 Å². The Kier molecular flexibility index (Phi) is 5.61. The molecule has 2 aromatic carbocycles. The first-order chi connectivity index (χ1) is 13.5. The van der Waals surface area contributed by atoms with E-state index in [4.69, 9.17) is 10.2 Å². The molecule has 0 aliphatic heterocycles. The zero-order valence-electron chi connectivity index (χ0n) is 14.5. The standard InChI is InChI=1S/C20H16FN3O4/c21-15-9-12(11-25)10-22-18(15)13-5-7-14(8-6-13)19(26)23-16-3-1-2-4-17(16)24-20(27)28/h1-10,24-25H,11H2,(H,23,26)(H,27,28). The number of benzene rings is 2. The second-order valence-corrected chi connectivity index (χ2v) is 5.84. The molecule has 2 amide bonds. The quantitative estimate of drug-likeness (QED) is 0.538. The summed E-state index contributed by atoms with van der Waals surface area (Å²) in [4.78, 5) is 27.3. The molecule has 0 saturated carbocycles. The molecule has 0 aliphatic carbocycles. The summed E-state index contributed by atoms with van der Waals surface area (Å²) < 4.78 is 14.1. The molecule has 7 nitrogen and oxygen atoms in total. The predicted molar refractivity (Wildman–Crippen MR) is 102 cm³/mol. The van der Waals surface area contributed by atoms with Gasteiger partial charge in [-0.2, -0.15) is 0 Å². The number of nitrogens with zero attached hydrogens (tertiary/aromatic N) is 1. The lowest BCUT2D eigenvalue weighted by molar-refractivity contribution is 0.102. The summed E-state index contributed by atoms with van der Waals surface area (Å²) in [6.07, 6.45) is 0.138. The monoisotopic (exact) mass is 381 g/mol. The number of amides is 2. The molecule has 8 heteroatoms. The van der Waals surface area contributed by atoms with Gasteiger partial charge in [0.2, 0.25) is 0 Å². The summed E-state index contributed by atoms with van der Waals surface area (Å²) in [5.41, 5.74) is 1.82. The maximum absolute atomic E-state index is 14.1. The Morgan fingerprint density at radius 1 is 1.00 bits per heavy atom. The molecule has 1 aromatic heterocycles. The van der Waals surface area contributed by atoms with Gasteiger partial charge >= 0.3 is 6.09 Å². The largest absolute Gasteiger partial charge is 0.465 e. The van der Waals surface area contributed by atoms with E-state index in [-0.39, 0.29) is 18.0 Å². The van der Waals surface area contributed by atoms with Gasteiger partial charge in [-0.1, -0.05) is 24.3 Å². The van der Waals surface area contributed by atoms with Crippen LogP contribution in [0.5, 0.6) is 0 Å². The van der Waals surface area contributed by atoms with Crippen LogP contribution in [0.15, 0.2) is 60.8 Å². The Labute approximate surface area is 159 Å². The highest BCUT2D eigenvalue weighted by Gasteiger charge is 2.12. The number of para-hydroxylation sites is 2. The SMILES string of the molecule is O=C(O)Nc1ccccc1NC(=O)c1ccc(-c2ncc(CO)cc2F)cc1. The molecule has 0 spiro atoms. The summed E-state index contributed by atoms with van der Waals surface area (Å²) in [5, 5.41) is 22.7. The second-order valence-electron chi connectivity index (χ2n) is 5.84. The molecule has 142 valence electrons. The van der Waals surface area contributed by atoms with Crippen LogP contribution in [0.25, 0.3) is 11.3 Å². The lowest BCUT2D eigenvalue weighted by Crippen LogP contribution is -2.15. The Balaban J connectivity index is 1.79. The van der Waals surface area contributed by atoms with E-state index in [1.807, 2.05) is 0 Å². The number of aromatic nitrogens is 1. The van der Waals surface area contributed by atoms with Gasteiger partial charge < -0.3 is 15.5 Å². The van der Waals surface area contributed by atoms with Gasteiger partial charge in [-0.3, -0.25) is 15.1 Å². The third kappa shape index (κ3) is 4.30. The summed E-state index contributed by atoms with van der Waals surface area (Å²) >= 11 is 0. The van der Waals surface area contributed by atoms with Crippen molar-refractivity contribution >= 4 is 23.4 Å². The molecule has 0 fully saturated rings. The lowest BCUT2D eigenvalue weighted by atomic mass is 10.1. The van der Waals surface area contributed by atoms with Crippen molar-refractivity contribution in [3.05, 3.63) is 77.7 Å². The number of hydrogen-bond acceptors (Lipinski definition) is 4. The molecule has 0 saturated heterocycles. The van der Waals surface area contributed by atoms with Gasteiger partial charge in [0.15, 0.2) is 0 Å². The molecule has 28 heavy (non-hydrogen) atoms. The minimum Gasteiger partial charge on any atom is -0.465 e. The van der Waals surface area contributed by atoms with Gasteiger partial charge in [-0.25, -0.2) is 9.18 Å². The van der Waals surface area contributed by atoms with Crippen molar-refractivity contribution in [2.24, 2.45) is 0 Å². The van der Waals surface area contributed by atoms with E-state index in [1.54, 1.807) is 30.3 Å². The highest BCUT2D eigenvalue weighted by molar-refractivity contribution is 6.07. The smallest absolute Gasteiger partial charge is 0.409 e. The molecule has 0 unspecified atom stereocenters. The Hall–Kier alpha value is -3.78. The number of aliphatic hydroxyl groups excluding tert-OH is 1. The third-order valence-corrected chi connectivity index (χ3v) is 3.92. The average Bonchev–Trinajstić information content (AvgIpc) is 2.69. The average molecular weight is 381 g/mol. The molecule has 0 radical (unpaired) electrons. The van der Waals surface area contributed by atoms with E-state index in [0.717, 1.165) is 0 Å². The van der Waals surface area contributed by atoms with Gasteiger partial charge in [0.25, 0.3) is 5.91 Å². The van der Waals surface area contributed by atoms with E-state index in [0.29, 0.717) is 22.4 Å². The number of halogens is 1. The van der Waals surface area contributed by atoms with Crippen LogP contribution in [0, 0.1) is 5.82 Å². The molecule has 3 aromatic rings. The zero-order valence-corrected chi connectivity index (χ0v) is 14.5. The number of carbonyl (C=O) groups excluding carboxylic acids is 1. The number of anilines is 2. The van der Waals surface area contributed by atoms with Crippen LogP contribution in [-0.2, 0) is 6.61 Å². The highest BCUT2D eigenvalue weighted by atomic mass is 19.1. The van der Waals surface area contributed by atoms with Crippen LogP contribution in [0.4, 0.5) is 20.6 Å². The number of aliphatic hydroxyl groups is 1. The number of hydrogen-bond donors (Lipinski definition) is 4. The topological polar surface area (TPSA) is 112 Å². The minimum absolute atomic E-state index is 0.111. The van der Waals surface area contributed by atoms with Crippen LogP contribution in [0.3, 0.4) is 0 Å². The Morgan fingerprint density at radius 3 is 2.21 bits per heavy atom. The summed E-state index contributed by atoms with van der Waals surface area (Å²) in [6.45, 7) is -0.304. The van der Waals surface area contributed by atoms with E-state index in [1.165, 1.54) is 30.5 Å². The first kappa shape index (κ1) is 19.0. The van der Waals surface area contributed by atoms with Gasteiger partial charge in [0.1, 0.15) is 11.5 Å². The van der Waals surface area contributed by atoms with Crippen molar-refractivity contribution < 1.29 is 24.2 Å². The number of nitrogens with one attached hydrogen (secondary N) is 2. The summed E-state index contributed by atoms with van der Waals surface area (Å²) in [7, 11) is 0.